The SMILES string of the molecule is CC(C)n1nc(N2CCCC(O)C2)c(C#N)c1N. The molecule has 3 N–H and O–H groups in total. The maximum atomic E-state index is 9.70. The van der Waals surface area contributed by atoms with Crippen LogP contribution in [0.25, 0.3) is 0 Å². The van der Waals surface area contributed by atoms with Crippen molar-refractivity contribution in [3.8, 4) is 6.07 Å². The average Bonchev–Trinajstić information content (AvgIpc) is 2.66. The molecular weight excluding hydrogens is 230 g/mol. The summed E-state index contributed by atoms with van der Waals surface area (Å²) < 4.78 is 1.66. The van der Waals surface area contributed by atoms with Crippen molar-refractivity contribution >= 4 is 11.6 Å². The third-order valence-corrected chi connectivity index (χ3v) is 3.23. The van der Waals surface area contributed by atoms with Crippen molar-refractivity contribution in [3.05, 3.63) is 5.56 Å². The van der Waals surface area contributed by atoms with Crippen LogP contribution in [0.3, 0.4) is 0 Å². The molecule has 6 heteroatoms. The molecule has 1 aliphatic heterocycles. The number of nitrogens with two attached hydrogens (primary N) is 1. The van der Waals surface area contributed by atoms with Gasteiger partial charge in [0.05, 0.1) is 6.10 Å². The van der Waals surface area contributed by atoms with Crippen molar-refractivity contribution < 1.29 is 5.11 Å². The van der Waals surface area contributed by atoms with Gasteiger partial charge < -0.3 is 15.7 Å². The van der Waals surface area contributed by atoms with Gasteiger partial charge in [0.25, 0.3) is 0 Å². The lowest BCUT2D eigenvalue weighted by Gasteiger charge is -2.30. The highest BCUT2D eigenvalue weighted by Gasteiger charge is 2.25. The normalized spacial score (nSPS) is 20.2. The van der Waals surface area contributed by atoms with Gasteiger partial charge in [-0.15, -0.1) is 0 Å². The third kappa shape index (κ3) is 2.14. The van der Waals surface area contributed by atoms with E-state index in [1.165, 1.54) is 0 Å². The number of β-amino-alcohol motifs (C(OH)–C–C–N with tert-alkyl or cyclic N) is 1. The van der Waals surface area contributed by atoms with E-state index in [1.54, 1.807) is 4.68 Å². The Labute approximate surface area is 107 Å². The number of hydrogen-bond donors (Lipinski definition) is 2. The van der Waals surface area contributed by atoms with E-state index in [0.717, 1.165) is 19.4 Å². The molecular formula is C12H19N5O. The van der Waals surface area contributed by atoms with Crippen LogP contribution < -0.4 is 10.6 Å². The standard InChI is InChI=1S/C12H19N5O/c1-8(2)17-11(14)10(6-13)12(15-17)16-5-3-4-9(18)7-16/h8-9,18H,3-5,7,14H2,1-2H3. The predicted octanol–water partition coefficient (Wildman–Crippen LogP) is 0.879. The van der Waals surface area contributed by atoms with Gasteiger partial charge in [-0.05, 0) is 26.7 Å². The zero-order valence-corrected chi connectivity index (χ0v) is 10.8. The van der Waals surface area contributed by atoms with Crippen molar-refractivity contribution in [1.29, 1.82) is 5.26 Å². The van der Waals surface area contributed by atoms with E-state index < -0.39 is 0 Å². The van der Waals surface area contributed by atoms with Crippen molar-refractivity contribution in [2.45, 2.75) is 38.8 Å². The summed E-state index contributed by atoms with van der Waals surface area (Å²) in [4.78, 5) is 1.95. The largest absolute Gasteiger partial charge is 0.391 e. The minimum Gasteiger partial charge on any atom is -0.391 e. The zero-order chi connectivity index (χ0) is 13.3. The lowest BCUT2D eigenvalue weighted by molar-refractivity contribution is 0.153. The number of hydrogen-bond acceptors (Lipinski definition) is 5. The highest BCUT2D eigenvalue weighted by Crippen LogP contribution is 2.28. The number of piperidine rings is 1. The number of aromatic nitrogens is 2. The fraction of sp³-hybridized carbons (Fsp3) is 0.667. The minimum atomic E-state index is -0.351. The second-order valence-corrected chi connectivity index (χ2v) is 4.98. The molecule has 0 aliphatic carbocycles. The maximum absolute atomic E-state index is 9.70. The molecule has 1 atom stereocenters. The number of anilines is 2. The zero-order valence-electron chi connectivity index (χ0n) is 10.8. The van der Waals surface area contributed by atoms with Crippen LogP contribution in [0.5, 0.6) is 0 Å². The highest BCUT2D eigenvalue weighted by atomic mass is 16.3. The van der Waals surface area contributed by atoms with E-state index >= 15 is 0 Å². The Hall–Kier alpha value is -1.74. The van der Waals surface area contributed by atoms with Crippen LogP contribution in [-0.4, -0.2) is 34.1 Å². The molecule has 18 heavy (non-hydrogen) atoms. The fourth-order valence-electron chi connectivity index (χ4n) is 2.30. The van der Waals surface area contributed by atoms with Crippen LogP contribution in [0.4, 0.5) is 11.6 Å². The van der Waals surface area contributed by atoms with Crippen LogP contribution in [-0.2, 0) is 0 Å². The quantitative estimate of drug-likeness (QED) is 0.811. The molecule has 0 spiro atoms. The molecule has 6 nitrogen and oxygen atoms in total. The van der Waals surface area contributed by atoms with Crippen LogP contribution in [0.15, 0.2) is 0 Å². The fourth-order valence-corrected chi connectivity index (χ4v) is 2.30. The number of aliphatic hydroxyl groups is 1. The molecule has 0 radical (unpaired) electrons. The Bertz CT molecular complexity index is 474. The summed E-state index contributed by atoms with van der Waals surface area (Å²) in [5, 5.41) is 23.3. The molecule has 1 fully saturated rings. The maximum Gasteiger partial charge on any atom is 0.171 e. The number of rotatable bonds is 2. The monoisotopic (exact) mass is 249 g/mol. The second kappa shape index (κ2) is 4.86. The Morgan fingerprint density at radius 3 is 2.83 bits per heavy atom. The van der Waals surface area contributed by atoms with Crippen molar-refractivity contribution in [1.82, 2.24) is 9.78 Å². The molecule has 0 saturated carbocycles. The molecule has 1 aromatic rings. The molecule has 2 heterocycles. The lowest BCUT2D eigenvalue weighted by atomic mass is 10.1. The van der Waals surface area contributed by atoms with Gasteiger partial charge in [-0.2, -0.15) is 10.4 Å². The van der Waals surface area contributed by atoms with Gasteiger partial charge in [0.1, 0.15) is 17.5 Å². The molecule has 1 aliphatic rings. The molecule has 0 aromatic carbocycles. The van der Waals surface area contributed by atoms with E-state index in [9.17, 15) is 10.4 Å². The van der Waals surface area contributed by atoms with Gasteiger partial charge in [0, 0.05) is 19.1 Å². The molecule has 1 unspecified atom stereocenters. The lowest BCUT2D eigenvalue weighted by Crippen LogP contribution is -2.38. The van der Waals surface area contributed by atoms with E-state index in [0.29, 0.717) is 23.7 Å². The molecule has 0 amide bonds. The smallest absolute Gasteiger partial charge is 0.171 e. The summed E-state index contributed by atoms with van der Waals surface area (Å²) in [5.41, 5.74) is 6.36. The number of nitriles is 1. The summed E-state index contributed by atoms with van der Waals surface area (Å²) in [6, 6.07) is 2.23. The summed E-state index contributed by atoms with van der Waals surface area (Å²) in [7, 11) is 0. The van der Waals surface area contributed by atoms with Gasteiger partial charge >= 0.3 is 0 Å². The molecule has 98 valence electrons. The highest BCUT2D eigenvalue weighted by molar-refractivity contribution is 5.65. The Morgan fingerprint density at radius 2 is 2.28 bits per heavy atom. The summed E-state index contributed by atoms with van der Waals surface area (Å²) in [5.74, 6) is 1.00. The van der Waals surface area contributed by atoms with Crippen LogP contribution >= 0.6 is 0 Å². The molecule has 2 rings (SSSR count). The van der Waals surface area contributed by atoms with Gasteiger partial charge in [0.2, 0.25) is 0 Å². The summed E-state index contributed by atoms with van der Waals surface area (Å²) >= 11 is 0. The Morgan fingerprint density at radius 1 is 1.56 bits per heavy atom. The van der Waals surface area contributed by atoms with Gasteiger partial charge in [0.15, 0.2) is 5.82 Å². The number of nitrogen functional groups attached to an aromatic ring is 1. The van der Waals surface area contributed by atoms with Crippen molar-refractivity contribution in [2.75, 3.05) is 23.7 Å². The molecule has 1 aromatic heterocycles. The topological polar surface area (TPSA) is 91.1 Å². The minimum absolute atomic E-state index is 0.112. The van der Waals surface area contributed by atoms with Gasteiger partial charge in [-0.25, -0.2) is 4.68 Å². The van der Waals surface area contributed by atoms with Crippen LogP contribution in [0, 0.1) is 11.3 Å². The van der Waals surface area contributed by atoms with E-state index in [1.807, 2.05) is 18.7 Å². The van der Waals surface area contributed by atoms with Gasteiger partial charge in [-0.1, -0.05) is 0 Å². The van der Waals surface area contributed by atoms with Crippen LogP contribution in [0.2, 0.25) is 0 Å². The Balaban J connectivity index is 2.38. The number of nitrogens with zero attached hydrogens (tertiary/aromatic N) is 4. The first-order chi connectivity index (χ1) is 8.54. The average molecular weight is 249 g/mol. The first kappa shape index (κ1) is 12.7. The third-order valence-electron chi connectivity index (χ3n) is 3.23. The van der Waals surface area contributed by atoms with E-state index in [2.05, 4.69) is 11.2 Å². The van der Waals surface area contributed by atoms with Crippen LogP contribution in [0.1, 0.15) is 38.3 Å². The Kier molecular flexibility index (Phi) is 3.43. The molecule has 0 bridgehead atoms. The van der Waals surface area contributed by atoms with E-state index in [4.69, 9.17) is 5.73 Å². The predicted molar refractivity (Wildman–Crippen MR) is 69.2 cm³/mol. The van der Waals surface area contributed by atoms with E-state index in [-0.39, 0.29) is 12.1 Å². The van der Waals surface area contributed by atoms with Crippen molar-refractivity contribution in [3.63, 3.8) is 0 Å². The molecule has 1 saturated heterocycles. The van der Waals surface area contributed by atoms with Crippen molar-refractivity contribution in [2.24, 2.45) is 0 Å². The van der Waals surface area contributed by atoms with Gasteiger partial charge in [-0.3, -0.25) is 0 Å². The summed E-state index contributed by atoms with van der Waals surface area (Å²) in [6.45, 7) is 5.27. The second-order valence-electron chi connectivity index (χ2n) is 4.98. The number of aliphatic hydroxyl groups excluding tert-OH is 1. The first-order valence-corrected chi connectivity index (χ1v) is 6.25. The first-order valence-electron chi connectivity index (χ1n) is 6.25. The summed E-state index contributed by atoms with van der Waals surface area (Å²) in [6.07, 6.45) is 1.36.